The average molecular weight is 821 g/mol. The summed E-state index contributed by atoms with van der Waals surface area (Å²) in [6.07, 6.45) is 7.57. The summed E-state index contributed by atoms with van der Waals surface area (Å²) >= 11 is 0. The zero-order valence-corrected chi connectivity index (χ0v) is 34.2. The molecule has 1 unspecified atom stereocenters. The summed E-state index contributed by atoms with van der Waals surface area (Å²) in [6, 6.07) is 9.46. The molecular weight excluding hydrogens is 773 g/mol. The number of fused-ring (bicyclic) bond motifs is 2. The zero-order valence-electron chi connectivity index (χ0n) is 34.2. The van der Waals surface area contributed by atoms with E-state index < -0.39 is 29.7 Å². The number of pyridine rings is 2. The summed E-state index contributed by atoms with van der Waals surface area (Å²) in [5.74, 6) is -0.180. The van der Waals surface area contributed by atoms with Crippen LogP contribution in [0.3, 0.4) is 0 Å². The smallest absolute Gasteiger partial charge is 0.266 e. The maximum absolute atomic E-state index is 13.3. The van der Waals surface area contributed by atoms with Gasteiger partial charge in [-0.2, -0.15) is 0 Å². The zero-order chi connectivity index (χ0) is 42.3. The van der Waals surface area contributed by atoms with Crippen molar-refractivity contribution in [3.8, 4) is 28.4 Å². The van der Waals surface area contributed by atoms with Gasteiger partial charge in [-0.3, -0.25) is 44.0 Å². The monoisotopic (exact) mass is 820 g/mol. The highest BCUT2D eigenvalue weighted by atomic mass is 16.5. The van der Waals surface area contributed by atoms with Crippen molar-refractivity contribution in [3.63, 3.8) is 0 Å². The second-order valence-electron chi connectivity index (χ2n) is 16.3. The van der Waals surface area contributed by atoms with Crippen molar-refractivity contribution in [1.82, 2.24) is 29.6 Å². The van der Waals surface area contributed by atoms with Gasteiger partial charge in [0.25, 0.3) is 17.4 Å². The van der Waals surface area contributed by atoms with Gasteiger partial charge in [0.2, 0.25) is 17.7 Å². The van der Waals surface area contributed by atoms with Crippen LogP contribution in [0.25, 0.3) is 21.9 Å². The summed E-state index contributed by atoms with van der Waals surface area (Å²) < 4.78 is 24.8. The first kappa shape index (κ1) is 40.6. The number of amides is 5. The Morgan fingerprint density at radius 1 is 0.933 bits per heavy atom. The van der Waals surface area contributed by atoms with Crippen LogP contribution in [0, 0.1) is 11.3 Å². The highest BCUT2D eigenvalue weighted by molar-refractivity contribution is 6.24. The van der Waals surface area contributed by atoms with E-state index in [1.165, 1.54) is 6.07 Å². The number of piperidine rings is 1. The fourth-order valence-electron chi connectivity index (χ4n) is 9.34. The molecular formula is C44H48N6O10. The first-order valence-electron chi connectivity index (χ1n) is 20.1. The predicted octanol–water partition coefficient (Wildman–Crippen LogP) is 3.18. The molecule has 4 aromatic rings. The largest absolute Gasteiger partial charge is 0.496 e. The van der Waals surface area contributed by atoms with E-state index in [4.69, 9.17) is 18.9 Å². The van der Waals surface area contributed by atoms with Gasteiger partial charge in [-0.15, -0.1) is 0 Å². The first-order valence-corrected chi connectivity index (χ1v) is 20.1. The highest BCUT2D eigenvalue weighted by Crippen LogP contribution is 2.52. The molecule has 5 amide bonds. The van der Waals surface area contributed by atoms with Gasteiger partial charge in [0, 0.05) is 69.2 Å². The summed E-state index contributed by atoms with van der Waals surface area (Å²) in [7, 11) is 7.13. The number of hydrogen-bond acceptors (Lipinski definition) is 12. The Morgan fingerprint density at radius 2 is 1.68 bits per heavy atom. The summed E-state index contributed by atoms with van der Waals surface area (Å²) in [4.78, 5) is 85.2. The molecule has 5 heterocycles. The Morgan fingerprint density at radius 3 is 2.40 bits per heavy atom. The number of carbonyl (C=O) groups is 5. The van der Waals surface area contributed by atoms with Gasteiger partial charge in [0.15, 0.2) is 0 Å². The lowest BCUT2D eigenvalue weighted by atomic mass is 9.57. The van der Waals surface area contributed by atoms with E-state index in [0.29, 0.717) is 29.3 Å². The van der Waals surface area contributed by atoms with Crippen molar-refractivity contribution < 1.29 is 42.9 Å². The summed E-state index contributed by atoms with van der Waals surface area (Å²) in [5, 5.41) is 3.54. The molecule has 1 atom stereocenters. The summed E-state index contributed by atoms with van der Waals surface area (Å²) in [6.45, 7) is 3.49. The number of benzene rings is 2. The third-order valence-electron chi connectivity index (χ3n) is 12.1. The Balaban J connectivity index is 0.766. The lowest BCUT2D eigenvalue weighted by Crippen LogP contribution is -2.64. The fraction of sp³-hybridized carbons (Fsp3) is 0.432. The fourth-order valence-corrected chi connectivity index (χ4v) is 9.34. The molecule has 60 heavy (non-hydrogen) atoms. The minimum atomic E-state index is -1.06. The number of aromatic nitrogens is 2. The number of imide groups is 2. The van der Waals surface area contributed by atoms with Crippen LogP contribution >= 0.6 is 0 Å². The second-order valence-corrected chi connectivity index (χ2v) is 16.3. The van der Waals surface area contributed by atoms with Gasteiger partial charge in [0.05, 0.1) is 55.9 Å². The van der Waals surface area contributed by atoms with Crippen LogP contribution in [0.2, 0.25) is 0 Å². The number of ether oxygens (including phenoxy) is 4. The van der Waals surface area contributed by atoms with E-state index >= 15 is 0 Å². The van der Waals surface area contributed by atoms with Crippen LogP contribution < -0.4 is 25.1 Å². The number of hydrogen-bond donors (Lipinski definition) is 1. The van der Waals surface area contributed by atoms with Crippen LogP contribution in [0.15, 0.2) is 59.8 Å². The van der Waals surface area contributed by atoms with Crippen molar-refractivity contribution >= 4 is 40.3 Å². The molecule has 1 spiro atoms. The highest BCUT2D eigenvalue weighted by Gasteiger charge is 2.53. The quantitative estimate of drug-likeness (QED) is 0.137. The van der Waals surface area contributed by atoms with E-state index in [1.54, 1.807) is 50.4 Å². The van der Waals surface area contributed by atoms with E-state index in [9.17, 15) is 28.8 Å². The van der Waals surface area contributed by atoms with Gasteiger partial charge < -0.3 is 33.3 Å². The molecule has 1 N–H and O–H groups in total. The van der Waals surface area contributed by atoms with Gasteiger partial charge in [0.1, 0.15) is 29.9 Å². The molecule has 314 valence electrons. The number of likely N-dealkylation sites (tertiary alicyclic amines) is 1. The molecule has 3 aliphatic heterocycles. The molecule has 0 radical (unpaired) electrons. The maximum atomic E-state index is 13.3. The molecule has 1 aliphatic carbocycles. The van der Waals surface area contributed by atoms with Crippen molar-refractivity contribution in [2.45, 2.75) is 44.7 Å². The third-order valence-corrected chi connectivity index (χ3v) is 12.1. The SMILES string of the molecule is COc1cc(-c2cn(C)c(=O)c3cnccc23)cc(OC)c1CN(C)CC1CC2(C1)CN(C(=O)CCOCCOc1cccc3c1C(=O)N(C1CCC(=O)NC1=O)C3=O)C2. The number of carbonyl (C=O) groups excluding carboxylic acids is 5. The van der Waals surface area contributed by atoms with Crippen LogP contribution in [0.1, 0.15) is 58.4 Å². The molecule has 4 aliphatic rings. The molecule has 2 saturated heterocycles. The number of rotatable bonds is 15. The lowest BCUT2D eigenvalue weighted by molar-refractivity contribution is -0.157. The molecule has 3 fully saturated rings. The van der Waals surface area contributed by atoms with Gasteiger partial charge in [-0.1, -0.05) is 6.07 Å². The van der Waals surface area contributed by atoms with Gasteiger partial charge in [-0.25, -0.2) is 0 Å². The van der Waals surface area contributed by atoms with Gasteiger partial charge in [-0.05, 0) is 73.5 Å². The van der Waals surface area contributed by atoms with Crippen LogP contribution in [-0.2, 0) is 32.7 Å². The van der Waals surface area contributed by atoms with Crippen LogP contribution in [0.5, 0.6) is 17.2 Å². The topological polar surface area (TPSA) is 179 Å². The lowest BCUT2D eigenvalue weighted by Gasteiger charge is -2.59. The maximum Gasteiger partial charge on any atom is 0.266 e. The molecule has 1 saturated carbocycles. The second kappa shape index (κ2) is 16.5. The first-order chi connectivity index (χ1) is 28.9. The molecule has 2 aromatic carbocycles. The molecule has 0 bridgehead atoms. The molecule has 16 nitrogen and oxygen atoms in total. The standard InChI is InChI=1S/C44H48N6O10/c1-47(22-32-35(57-3)16-27(17-36(32)58-4)31-23-48(2)41(54)30-20-45-12-10-28(30)31)21-26-18-44(19-26)24-49(25-44)38(52)11-13-59-14-15-60-34-7-5-6-29-39(34)43(56)50(42(29)55)33-8-9-37(51)46-40(33)53/h5-7,10,12,16-17,20,23,26,33H,8-9,11,13-15,18-19,21-22,24-25H2,1-4H3,(H,46,51,53). The Labute approximate surface area is 346 Å². The van der Waals surface area contributed by atoms with Crippen molar-refractivity contribution in [2.75, 3.05) is 60.7 Å². The average Bonchev–Trinajstić information content (AvgIpc) is 3.46. The number of nitrogens with zero attached hydrogens (tertiary/aromatic N) is 5. The molecule has 16 heteroatoms. The van der Waals surface area contributed by atoms with Crippen molar-refractivity contribution in [3.05, 3.63) is 82.0 Å². The van der Waals surface area contributed by atoms with Crippen molar-refractivity contribution in [2.24, 2.45) is 18.4 Å². The van der Waals surface area contributed by atoms with Crippen LogP contribution in [-0.4, -0.2) is 121 Å². The van der Waals surface area contributed by atoms with Crippen molar-refractivity contribution in [1.29, 1.82) is 0 Å². The number of aryl methyl sites for hydroxylation is 1. The normalized spacial score (nSPS) is 18.4. The number of nitrogens with one attached hydrogen (secondary N) is 1. The van der Waals surface area contributed by atoms with E-state index in [0.717, 1.165) is 59.5 Å². The predicted molar refractivity (Wildman–Crippen MR) is 218 cm³/mol. The minimum absolute atomic E-state index is 0.0372. The Bertz CT molecular complexity index is 2430. The van der Waals surface area contributed by atoms with E-state index in [2.05, 4.69) is 22.2 Å². The Hall–Kier alpha value is -6.13. The minimum Gasteiger partial charge on any atom is -0.496 e. The van der Waals surface area contributed by atoms with E-state index in [1.807, 2.05) is 29.3 Å². The van der Waals surface area contributed by atoms with Crippen LogP contribution in [0.4, 0.5) is 0 Å². The van der Waals surface area contributed by atoms with E-state index in [-0.39, 0.29) is 72.8 Å². The number of methoxy groups -OCH3 is 2. The summed E-state index contributed by atoms with van der Waals surface area (Å²) in [5.41, 5.74) is 2.98. The third kappa shape index (κ3) is 7.60. The Kier molecular flexibility index (Phi) is 11.2. The molecule has 2 aromatic heterocycles. The van der Waals surface area contributed by atoms with Gasteiger partial charge >= 0.3 is 0 Å². The molecule has 8 rings (SSSR count).